The predicted octanol–water partition coefficient (Wildman–Crippen LogP) is 6.61. The van der Waals surface area contributed by atoms with Crippen LogP contribution in [-0.4, -0.2) is 30.1 Å². The fourth-order valence-electron chi connectivity index (χ4n) is 2.99. The first-order valence-corrected chi connectivity index (χ1v) is 9.97. The summed E-state index contributed by atoms with van der Waals surface area (Å²) in [6, 6.07) is 4.79. The number of amidine groups is 1. The Morgan fingerprint density at radius 2 is 1.76 bits per heavy atom. The van der Waals surface area contributed by atoms with E-state index >= 15 is 0 Å². The fraction of sp³-hybridized carbons (Fsp3) is 0.238. The minimum absolute atomic E-state index is 0.00518. The van der Waals surface area contributed by atoms with E-state index in [-0.39, 0.29) is 17.1 Å². The molecule has 2 aromatic carbocycles. The van der Waals surface area contributed by atoms with Gasteiger partial charge in [0.25, 0.3) is 5.24 Å². The van der Waals surface area contributed by atoms with Crippen LogP contribution in [0.4, 0.5) is 35.5 Å². The van der Waals surface area contributed by atoms with Gasteiger partial charge in [-0.15, -0.1) is 0 Å². The molecular formula is C21H15F7N2O2S. The number of hydrogen-bond donors (Lipinski definition) is 0. The lowest BCUT2D eigenvalue weighted by Gasteiger charge is -2.16. The van der Waals surface area contributed by atoms with Gasteiger partial charge in [0.2, 0.25) is 0 Å². The number of carbonyl (C=O) groups is 1. The molecule has 1 amide bonds. The van der Waals surface area contributed by atoms with Crippen LogP contribution < -0.4 is 4.74 Å². The summed E-state index contributed by atoms with van der Waals surface area (Å²) in [6.07, 6.45) is -8.50. The summed E-state index contributed by atoms with van der Waals surface area (Å²) < 4.78 is 97.7. The largest absolute Gasteiger partial charge is 0.486 e. The molecule has 176 valence electrons. The first kappa shape index (κ1) is 24.6. The van der Waals surface area contributed by atoms with E-state index in [0.717, 1.165) is 17.8 Å². The van der Waals surface area contributed by atoms with Crippen molar-refractivity contribution in [2.24, 2.45) is 4.99 Å². The Balaban J connectivity index is 1.82. The molecule has 0 N–H and O–H groups in total. The number of benzene rings is 2. The predicted molar refractivity (Wildman–Crippen MR) is 109 cm³/mol. The Morgan fingerprint density at radius 1 is 1.06 bits per heavy atom. The summed E-state index contributed by atoms with van der Waals surface area (Å²) in [6.45, 7) is -0.799. The van der Waals surface area contributed by atoms with Gasteiger partial charge in [-0.1, -0.05) is 12.1 Å². The molecule has 0 atom stereocenters. The summed E-state index contributed by atoms with van der Waals surface area (Å²) in [4.78, 5) is 17.6. The number of nitrogens with zero attached hydrogens (tertiary/aromatic N) is 2. The summed E-state index contributed by atoms with van der Waals surface area (Å²) in [5.41, 5.74) is -3.20. The van der Waals surface area contributed by atoms with Crippen LogP contribution in [0, 0.1) is 5.82 Å². The van der Waals surface area contributed by atoms with Gasteiger partial charge in [0.1, 0.15) is 12.4 Å². The zero-order valence-corrected chi connectivity index (χ0v) is 17.8. The summed E-state index contributed by atoms with van der Waals surface area (Å²) in [5, 5.41) is -0.265. The van der Waals surface area contributed by atoms with Crippen molar-refractivity contribution in [3.63, 3.8) is 0 Å². The van der Waals surface area contributed by atoms with Gasteiger partial charge in [0.05, 0.1) is 16.0 Å². The smallest absolute Gasteiger partial charge is 0.416 e. The third-order valence-corrected chi connectivity index (χ3v) is 5.57. The van der Waals surface area contributed by atoms with Gasteiger partial charge in [-0.3, -0.25) is 14.7 Å². The summed E-state index contributed by atoms with van der Waals surface area (Å²) in [5.74, 6) is -0.892. The highest BCUT2D eigenvalue weighted by Gasteiger charge is 2.38. The van der Waals surface area contributed by atoms with E-state index in [2.05, 4.69) is 4.99 Å². The van der Waals surface area contributed by atoms with Crippen molar-refractivity contribution < 1.29 is 40.3 Å². The number of alkyl halides is 6. The van der Waals surface area contributed by atoms with Crippen LogP contribution in [0.25, 0.3) is 6.08 Å². The van der Waals surface area contributed by atoms with Crippen LogP contribution in [0.5, 0.6) is 5.75 Å². The molecule has 33 heavy (non-hydrogen) atoms. The van der Waals surface area contributed by atoms with Gasteiger partial charge in [0.15, 0.2) is 11.6 Å². The SMILES string of the molecule is CN=C1/C(=C/c2ccc(OCc3ccc(C(F)(F)F)cc3C(F)(F)F)c(F)c2)SC(=O)N1C. The second-order valence-electron chi connectivity index (χ2n) is 6.83. The van der Waals surface area contributed by atoms with Gasteiger partial charge in [-0.25, -0.2) is 4.39 Å². The zero-order valence-electron chi connectivity index (χ0n) is 17.0. The van der Waals surface area contributed by atoms with Crippen molar-refractivity contribution in [3.05, 3.63) is 69.4 Å². The first-order chi connectivity index (χ1) is 15.3. The van der Waals surface area contributed by atoms with Crippen molar-refractivity contribution >= 4 is 28.9 Å². The molecule has 1 aliphatic rings. The minimum Gasteiger partial charge on any atom is -0.486 e. The molecule has 1 fully saturated rings. The second kappa shape index (κ2) is 9.08. The molecular weight excluding hydrogens is 477 g/mol. The maximum Gasteiger partial charge on any atom is 0.416 e. The normalized spacial score (nSPS) is 17.4. The number of ether oxygens (including phenoxy) is 1. The number of halogens is 7. The lowest BCUT2D eigenvalue weighted by molar-refractivity contribution is -0.143. The van der Waals surface area contributed by atoms with Crippen LogP contribution in [0.2, 0.25) is 0 Å². The van der Waals surface area contributed by atoms with Crippen LogP contribution >= 0.6 is 11.8 Å². The van der Waals surface area contributed by atoms with Gasteiger partial charge in [-0.2, -0.15) is 26.3 Å². The Kier molecular flexibility index (Phi) is 6.78. The molecule has 12 heteroatoms. The highest BCUT2D eigenvalue weighted by atomic mass is 32.2. The molecule has 0 radical (unpaired) electrons. The van der Waals surface area contributed by atoms with Crippen LogP contribution in [0.15, 0.2) is 46.3 Å². The van der Waals surface area contributed by atoms with Gasteiger partial charge < -0.3 is 4.74 Å². The van der Waals surface area contributed by atoms with Crippen molar-refractivity contribution in [1.29, 1.82) is 0 Å². The van der Waals surface area contributed by atoms with E-state index < -0.39 is 41.5 Å². The maximum atomic E-state index is 14.5. The van der Waals surface area contributed by atoms with E-state index in [0.29, 0.717) is 28.4 Å². The topological polar surface area (TPSA) is 41.9 Å². The van der Waals surface area contributed by atoms with E-state index in [1.165, 1.54) is 37.2 Å². The van der Waals surface area contributed by atoms with Crippen LogP contribution in [-0.2, 0) is 19.0 Å². The number of thioether (sulfide) groups is 1. The van der Waals surface area contributed by atoms with Crippen LogP contribution in [0.1, 0.15) is 22.3 Å². The Morgan fingerprint density at radius 3 is 2.33 bits per heavy atom. The number of carbonyl (C=O) groups excluding carboxylic acids is 1. The third-order valence-electron chi connectivity index (χ3n) is 4.60. The van der Waals surface area contributed by atoms with Crippen molar-refractivity contribution in [3.8, 4) is 5.75 Å². The molecule has 1 saturated heterocycles. The number of hydrogen-bond acceptors (Lipinski definition) is 4. The van der Waals surface area contributed by atoms with E-state index in [9.17, 15) is 35.5 Å². The molecule has 0 bridgehead atoms. The molecule has 0 spiro atoms. The quantitative estimate of drug-likeness (QED) is 0.451. The minimum atomic E-state index is -5.06. The molecule has 0 aliphatic carbocycles. The van der Waals surface area contributed by atoms with Gasteiger partial charge in [-0.05, 0) is 47.7 Å². The molecule has 1 heterocycles. The first-order valence-electron chi connectivity index (χ1n) is 9.15. The molecule has 4 nitrogen and oxygen atoms in total. The average molecular weight is 492 g/mol. The second-order valence-corrected chi connectivity index (χ2v) is 7.82. The zero-order chi connectivity index (χ0) is 24.6. The molecule has 2 aromatic rings. The molecule has 1 aliphatic heterocycles. The fourth-order valence-corrected chi connectivity index (χ4v) is 3.91. The lowest BCUT2D eigenvalue weighted by atomic mass is 10.0. The van der Waals surface area contributed by atoms with E-state index in [4.69, 9.17) is 4.74 Å². The standard InChI is InChI=1S/C21H15F7N2O2S/c1-29-18-17(33-19(31)30(18)2)8-11-3-6-16(15(22)7-11)32-10-12-4-5-13(20(23,24)25)9-14(12)21(26,27)28/h3-9H,10H2,1-2H3/b17-8-,29-18?. The monoisotopic (exact) mass is 492 g/mol. The van der Waals surface area contributed by atoms with Crippen molar-refractivity contribution in [2.45, 2.75) is 19.0 Å². The number of amides is 1. The van der Waals surface area contributed by atoms with E-state index in [1.807, 2.05) is 0 Å². The van der Waals surface area contributed by atoms with E-state index in [1.54, 1.807) is 0 Å². The molecule has 3 rings (SSSR count). The average Bonchev–Trinajstić information content (AvgIpc) is 2.98. The van der Waals surface area contributed by atoms with Crippen LogP contribution in [0.3, 0.4) is 0 Å². The molecule has 0 saturated carbocycles. The summed E-state index contributed by atoms with van der Waals surface area (Å²) in [7, 11) is 3.03. The number of rotatable bonds is 4. The molecule has 0 unspecified atom stereocenters. The third kappa shape index (κ3) is 5.49. The highest BCUT2D eigenvalue weighted by Crippen LogP contribution is 2.38. The van der Waals surface area contributed by atoms with Gasteiger partial charge in [0, 0.05) is 19.7 Å². The lowest BCUT2D eigenvalue weighted by Crippen LogP contribution is -2.22. The Labute approximate surface area is 187 Å². The summed E-state index contributed by atoms with van der Waals surface area (Å²) >= 11 is 0.902. The highest BCUT2D eigenvalue weighted by molar-refractivity contribution is 8.18. The number of likely N-dealkylation sites (N-methyl/N-ethyl adjacent to an activating group) is 1. The maximum absolute atomic E-state index is 14.5. The van der Waals surface area contributed by atoms with Crippen molar-refractivity contribution in [1.82, 2.24) is 4.90 Å². The number of aliphatic imine (C=N–C) groups is 1. The molecule has 0 aromatic heterocycles. The van der Waals surface area contributed by atoms with Gasteiger partial charge >= 0.3 is 12.4 Å². The Bertz CT molecular complexity index is 1140. The Hall–Kier alpha value is -3.02. The van der Waals surface area contributed by atoms with Crippen molar-refractivity contribution in [2.75, 3.05) is 14.1 Å².